The van der Waals surface area contributed by atoms with Crippen LogP contribution in [-0.4, -0.2) is 11.8 Å². The van der Waals surface area contributed by atoms with Crippen molar-refractivity contribution in [3.05, 3.63) is 65.9 Å². The fourth-order valence-electron chi connectivity index (χ4n) is 2.47. The molecule has 2 amide bonds. The van der Waals surface area contributed by atoms with Gasteiger partial charge in [0.05, 0.1) is 0 Å². The molecule has 27 heavy (non-hydrogen) atoms. The number of nitrogens with zero attached hydrogens (tertiary/aromatic N) is 1. The van der Waals surface area contributed by atoms with E-state index in [-0.39, 0.29) is 11.5 Å². The van der Waals surface area contributed by atoms with Crippen molar-refractivity contribution in [1.82, 2.24) is 0 Å². The zero-order chi connectivity index (χ0) is 19.8. The number of benzene rings is 2. The van der Waals surface area contributed by atoms with Gasteiger partial charge >= 0.3 is 0 Å². The monoisotopic (exact) mass is 362 g/mol. The van der Waals surface area contributed by atoms with E-state index in [4.69, 9.17) is 0 Å². The van der Waals surface area contributed by atoms with Crippen molar-refractivity contribution in [3.63, 3.8) is 0 Å². The summed E-state index contributed by atoms with van der Waals surface area (Å²) in [5, 5.41) is 17.7. The first-order valence-electron chi connectivity index (χ1n) is 8.55. The SMILES string of the molecule is CC(=O)Nc1ccc(NC(=O)/C(C#N)=C\Nc2ccccc2C(C)C)cc1. The number of anilines is 3. The second-order valence-electron chi connectivity index (χ2n) is 6.27. The number of nitriles is 1. The van der Waals surface area contributed by atoms with Crippen LogP contribution >= 0.6 is 0 Å². The Morgan fingerprint density at radius 1 is 1.00 bits per heavy atom. The maximum atomic E-state index is 12.3. The second-order valence-corrected chi connectivity index (χ2v) is 6.27. The van der Waals surface area contributed by atoms with Crippen molar-refractivity contribution in [2.75, 3.05) is 16.0 Å². The normalized spacial score (nSPS) is 10.9. The fourth-order valence-corrected chi connectivity index (χ4v) is 2.47. The summed E-state index contributed by atoms with van der Waals surface area (Å²) in [5.74, 6) is -0.378. The molecule has 0 atom stereocenters. The van der Waals surface area contributed by atoms with E-state index in [0.717, 1.165) is 11.3 Å². The Kier molecular flexibility index (Phi) is 6.73. The van der Waals surface area contributed by atoms with Gasteiger partial charge in [0.2, 0.25) is 5.91 Å². The molecule has 0 aliphatic carbocycles. The van der Waals surface area contributed by atoms with E-state index in [1.807, 2.05) is 30.3 Å². The zero-order valence-electron chi connectivity index (χ0n) is 15.5. The minimum absolute atomic E-state index is 0.0421. The molecule has 0 fully saturated rings. The molecule has 0 bridgehead atoms. The van der Waals surface area contributed by atoms with Crippen molar-refractivity contribution in [2.24, 2.45) is 0 Å². The highest BCUT2D eigenvalue weighted by atomic mass is 16.2. The summed E-state index contributed by atoms with van der Waals surface area (Å²) in [5.41, 5.74) is 3.06. The molecule has 0 aliphatic rings. The molecular weight excluding hydrogens is 340 g/mol. The van der Waals surface area contributed by atoms with Crippen LogP contribution in [0.1, 0.15) is 32.3 Å². The molecule has 2 aromatic carbocycles. The summed E-state index contributed by atoms with van der Waals surface area (Å²) >= 11 is 0. The minimum atomic E-state index is -0.515. The average Bonchev–Trinajstić information content (AvgIpc) is 2.63. The van der Waals surface area contributed by atoms with Crippen LogP contribution in [0.4, 0.5) is 17.1 Å². The van der Waals surface area contributed by atoms with Gasteiger partial charge in [0.1, 0.15) is 11.6 Å². The Morgan fingerprint density at radius 2 is 1.59 bits per heavy atom. The van der Waals surface area contributed by atoms with Gasteiger partial charge in [-0.2, -0.15) is 5.26 Å². The first kappa shape index (κ1) is 19.7. The number of para-hydroxylation sites is 1. The lowest BCUT2D eigenvalue weighted by Gasteiger charge is -2.12. The predicted molar refractivity (Wildman–Crippen MR) is 107 cm³/mol. The number of carbonyl (C=O) groups is 2. The third-order valence-electron chi connectivity index (χ3n) is 3.78. The number of amides is 2. The first-order chi connectivity index (χ1) is 12.9. The third-order valence-corrected chi connectivity index (χ3v) is 3.78. The molecule has 0 saturated heterocycles. The topological polar surface area (TPSA) is 94.0 Å². The van der Waals surface area contributed by atoms with Crippen molar-refractivity contribution < 1.29 is 9.59 Å². The van der Waals surface area contributed by atoms with Crippen molar-refractivity contribution in [1.29, 1.82) is 5.26 Å². The number of hydrogen-bond donors (Lipinski definition) is 3. The van der Waals surface area contributed by atoms with Crippen LogP contribution in [0.15, 0.2) is 60.3 Å². The summed E-state index contributed by atoms with van der Waals surface area (Å²) in [6.45, 7) is 5.57. The number of nitrogens with one attached hydrogen (secondary N) is 3. The Labute approximate surface area is 158 Å². The number of rotatable bonds is 6. The van der Waals surface area contributed by atoms with Gasteiger partial charge in [-0.25, -0.2) is 0 Å². The highest BCUT2D eigenvalue weighted by Crippen LogP contribution is 2.24. The first-order valence-corrected chi connectivity index (χ1v) is 8.55. The maximum absolute atomic E-state index is 12.3. The molecule has 3 N–H and O–H groups in total. The lowest BCUT2D eigenvalue weighted by Crippen LogP contribution is -2.15. The Morgan fingerprint density at radius 3 is 2.15 bits per heavy atom. The van der Waals surface area contributed by atoms with E-state index in [1.165, 1.54) is 13.1 Å². The van der Waals surface area contributed by atoms with Crippen molar-refractivity contribution in [2.45, 2.75) is 26.7 Å². The summed E-state index contributed by atoms with van der Waals surface area (Å²) in [6, 6.07) is 16.3. The largest absolute Gasteiger partial charge is 0.360 e. The highest BCUT2D eigenvalue weighted by Gasteiger charge is 2.10. The molecule has 0 saturated carbocycles. The van der Waals surface area contributed by atoms with Crippen LogP contribution < -0.4 is 16.0 Å². The van der Waals surface area contributed by atoms with Crippen LogP contribution in [0.3, 0.4) is 0 Å². The molecule has 0 unspecified atom stereocenters. The molecule has 2 aromatic rings. The third kappa shape index (κ3) is 5.72. The molecule has 0 heterocycles. The van der Waals surface area contributed by atoms with Crippen LogP contribution in [-0.2, 0) is 9.59 Å². The van der Waals surface area contributed by atoms with Gasteiger partial charge in [-0.05, 0) is 41.8 Å². The van der Waals surface area contributed by atoms with Crippen LogP contribution in [0.25, 0.3) is 0 Å². The van der Waals surface area contributed by atoms with Gasteiger partial charge < -0.3 is 16.0 Å². The summed E-state index contributed by atoms with van der Waals surface area (Å²) < 4.78 is 0. The smallest absolute Gasteiger partial charge is 0.267 e. The Balaban J connectivity index is 2.09. The fraction of sp³-hybridized carbons (Fsp3) is 0.190. The highest BCUT2D eigenvalue weighted by molar-refractivity contribution is 6.06. The van der Waals surface area contributed by atoms with Crippen molar-refractivity contribution >= 4 is 28.9 Å². The van der Waals surface area contributed by atoms with Crippen molar-refractivity contribution in [3.8, 4) is 6.07 Å². The minimum Gasteiger partial charge on any atom is -0.360 e. The van der Waals surface area contributed by atoms with Crippen LogP contribution in [0.2, 0.25) is 0 Å². The van der Waals surface area contributed by atoms with Gasteiger partial charge in [-0.3, -0.25) is 9.59 Å². The molecular formula is C21H22N4O2. The summed E-state index contributed by atoms with van der Waals surface area (Å²) in [4.78, 5) is 23.4. The molecule has 0 radical (unpaired) electrons. The maximum Gasteiger partial charge on any atom is 0.267 e. The van der Waals surface area contributed by atoms with E-state index < -0.39 is 5.91 Å². The van der Waals surface area contributed by atoms with E-state index in [0.29, 0.717) is 17.3 Å². The molecule has 138 valence electrons. The molecule has 0 spiro atoms. The van der Waals surface area contributed by atoms with Gasteiger partial charge in [0, 0.05) is 30.2 Å². The van der Waals surface area contributed by atoms with E-state index in [9.17, 15) is 14.9 Å². The van der Waals surface area contributed by atoms with Gasteiger partial charge in [0.25, 0.3) is 5.91 Å². The Hall–Kier alpha value is -3.59. The van der Waals surface area contributed by atoms with Gasteiger partial charge in [-0.15, -0.1) is 0 Å². The van der Waals surface area contributed by atoms with E-state index >= 15 is 0 Å². The van der Waals surface area contributed by atoms with Gasteiger partial charge in [0.15, 0.2) is 0 Å². The summed E-state index contributed by atoms with van der Waals surface area (Å²) in [6.07, 6.45) is 1.40. The molecule has 6 nitrogen and oxygen atoms in total. The molecule has 0 aromatic heterocycles. The number of carbonyl (C=O) groups excluding carboxylic acids is 2. The van der Waals surface area contributed by atoms with Gasteiger partial charge in [-0.1, -0.05) is 32.0 Å². The van der Waals surface area contributed by atoms with E-state index in [1.54, 1.807) is 24.3 Å². The standard InChI is InChI=1S/C21H22N4O2/c1-14(2)19-6-4-5-7-20(19)23-13-16(12-22)21(27)25-18-10-8-17(9-11-18)24-15(3)26/h4-11,13-14,23H,1-3H3,(H,24,26)(H,25,27)/b16-13-. The second kappa shape index (κ2) is 9.20. The zero-order valence-corrected chi connectivity index (χ0v) is 15.5. The average molecular weight is 362 g/mol. The van der Waals surface area contributed by atoms with Crippen LogP contribution in [0.5, 0.6) is 0 Å². The number of hydrogen-bond acceptors (Lipinski definition) is 4. The predicted octanol–water partition coefficient (Wildman–Crippen LogP) is 4.23. The van der Waals surface area contributed by atoms with Crippen LogP contribution in [0, 0.1) is 11.3 Å². The molecule has 6 heteroatoms. The summed E-state index contributed by atoms with van der Waals surface area (Å²) in [7, 11) is 0. The lowest BCUT2D eigenvalue weighted by atomic mass is 10.0. The van der Waals surface area contributed by atoms with E-state index in [2.05, 4.69) is 29.8 Å². The molecule has 0 aliphatic heterocycles. The lowest BCUT2D eigenvalue weighted by molar-refractivity contribution is -0.114. The quantitative estimate of drug-likeness (QED) is 0.529. The Bertz CT molecular complexity index is 893. The molecule has 2 rings (SSSR count).